The summed E-state index contributed by atoms with van der Waals surface area (Å²) in [6.45, 7) is -0.642. The van der Waals surface area contributed by atoms with Crippen LogP contribution in [-0.2, 0) is 19.1 Å². The highest BCUT2D eigenvalue weighted by Gasteiger charge is 2.29. The summed E-state index contributed by atoms with van der Waals surface area (Å²) >= 11 is 0. The molecular formula is C5H8O6. The van der Waals surface area contributed by atoms with Crippen LogP contribution in [0.15, 0.2) is 0 Å². The number of ether oxygens (including phenoxy) is 2. The molecule has 6 heteroatoms. The van der Waals surface area contributed by atoms with Gasteiger partial charge in [-0.2, -0.15) is 0 Å². The number of rotatable bonds is 6. The summed E-state index contributed by atoms with van der Waals surface area (Å²) in [5, 5.41) is 17.2. The van der Waals surface area contributed by atoms with E-state index in [4.69, 9.17) is 10.2 Å². The summed E-state index contributed by atoms with van der Waals surface area (Å²) in [6.07, 6.45) is -0.384. The normalized spacial score (nSPS) is 10.4. The Balaban J connectivity index is 3.98. The Morgan fingerprint density at radius 1 is 1.27 bits per heavy atom. The van der Waals surface area contributed by atoms with Crippen molar-refractivity contribution in [2.75, 3.05) is 6.61 Å². The number of aliphatic hydroxyl groups is 2. The second-order valence-corrected chi connectivity index (χ2v) is 1.61. The highest BCUT2D eigenvalue weighted by atomic mass is 16.8. The molecule has 0 aromatic heterocycles. The third kappa shape index (κ3) is 3.54. The Morgan fingerprint density at radius 3 is 2.00 bits per heavy atom. The van der Waals surface area contributed by atoms with E-state index in [-0.39, 0.29) is 19.4 Å². The monoisotopic (exact) mass is 164 g/mol. The third-order valence-corrected chi connectivity index (χ3v) is 0.892. The molecule has 0 aliphatic rings. The van der Waals surface area contributed by atoms with Crippen LogP contribution in [0.3, 0.4) is 0 Å². The van der Waals surface area contributed by atoms with Gasteiger partial charge in [0, 0.05) is 0 Å². The molecule has 0 spiro atoms. The van der Waals surface area contributed by atoms with E-state index in [1.54, 1.807) is 0 Å². The van der Waals surface area contributed by atoms with Gasteiger partial charge in [-0.05, 0) is 0 Å². The predicted octanol–water partition coefficient (Wildman–Crippen LogP) is -1.64. The SMILES string of the molecule is O=COC(O)(CCO)OC=O. The van der Waals surface area contributed by atoms with Gasteiger partial charge < -0.3 is 19.7 Å². The van der Waals surface area contributed by atoms with Crippen LogP contribution < -0.4 is 0 Å². The van der Waals surface area contributed by atoms with Crippen molar-refractivity contribution in [1.29, 1.82) is 0 Å². The van der Waals surface area contributed by atoms with E-state index in [1.165, 1.54) is 0 Å². The van der Waals surface area contributed by atoms with Crippen molar-refractivity contribution in [3.05, 3.63) is 0 Å². The number of carbonyl (C=O) groups excluding carboxylic acids is 2. The van der Waals surface area contributed by atoms with E-state index in [2.05, 4.69) is 9.47 Å². The Bertz CT molecular complexity index is 123. The largest absolute Gasteiger partial charge is 0.400 e. The minimum atomic E-state index is -2.34. The van der Waals surface area contributed by atoms with Gasteiger partial charge in [-0.3, -0.25) is 9.59 Å². The van der Waals surface area contributed by atoms with Crippen LogP contribution in [0.25, 0.3) is 0 Å². The van der Waals surface area contributed by atoms with Crippen molar-refractivity contribution in [3.63, 3.8) is 0 Å². The molecule has 0 atom stereocenters. The molecule has 0 fully saturated rings. The van der Waals surface area contributed by atoms with Gasteiger partial charge in [0.05, 0.1) is 13.0 Å². The lowest BCUT2D eigenvalue weighted by atomic mass is 10.4. The van der Waals surface area contributed by atoms with Gasteiger partial charge in [0.25, 0.3) is 12.9 Å². The van der Waals surface area contributed by atoms with Crippen molar-refractivity contribution in [2.24, 2.45) is 0 Å². The highest BCUT2D eigenvalue weighted by Crippen LogP contribution is 2.10. The Hall–Kier alpha value is -1.14. The molecule has 0 unspecified atom stereocenters. The van der Waals surface area contributed by atoms with E-state index in [1.807, 2.05) is 0 Å². The van der Waals surface area contributed by atoms with Gasteiger partial charge in [-0.25, -0.2) is 0 Å². The van der Waals surface area contributed by atoms with Crippen molar-refractivity contribution in [3.8, 4) is 0 Å². The van der Waals surface area contributed by atoms with Gasteiger partial charge in [0.1, 0.15) is 0 Å². The lowest BCUT2D eigenvalue weighted by Crippen LogP contribution is -2.36. The van der Waals surface area contributed by atoms with E-state index in [0.29, 0.717) is 0 Å². The van der Waals surface area contributed by atoms with Crippen molar-refractivity contribution >= 4 is 12.9 Å². The zero-order chi connectivity index (χ0) is 8.74. The zero-order valence-electron chi connectivity index (χ0n) is 5.60. The van der Waals surface area contributed by atoms with Gasteiger partial charge in [-0.1, -0.05) is 0 Å². The molecule has 0 aromatic rings. The van der Waals surface area contributed by atoms with Crippen LogP contribution in [0.2, 0.25) is 0 Å². The fraction of sp³-hybridized carbons (Fsp3) is 0.600. The molecule has 64 valence electrons. The van der Waals surface area contributed by atoms with E-state index in [0.717, 1.165) is 0 Å². The van der Waals surface area contributed by atoms with Gasteiger partial charge >= 0.3 is 5.97 Å². The molecule has 0 aliphatic carbocycles. The first-order chi connectivity index (χ1) is 5.18. The van der Waals surface area contributed by atoms with Crippen LogP contribution in [0.1, 0.15) is 6.42 Å². The van der Waals surface area contributed by atoms with Crippen molar-refractivity contribution in [2.45, 2.75) is 12.4 Å². The molecule has 0 saturated heterocycles. The van der Waals surface area contributed by atoms with Crippen LogP contribution in [0.5, 0.6) is 0 Å². The topological polar surface area (TPSA) is 93.1 Å². The summed E-state index contributed by atoms with van der Waals surface area (Å²) < 4.78 is 7.94. The average Bonchev–Trinajstić information content (AvgIpc) is 1.88. The number of hydrogen-bond donors (Lipinski definition) is 2. The molecule has 0 aromatic carbocycles. The Kier molecular flexibility index (Phi) is 4.16. The van der Waals surface area contributed by atoms with Crippen LogP contribution >= 0.6 is 0 Å². The number of aliphatic hydroxyl groups excluding tert-OH is 1. The standard InChI is InChI=1S/C5H8O6/c6-2-1-5(9,10-3-7)11-4-8/h3-4,6,9H,1-2H2. The minimum Gasteiger partial charge on any atom is -0.400 e. The second-order valence-electron chi connectivity index (χ2n) is 1.61. The molecule has 0 amide bonds. The zero-order valence-corrected chi connectivity index (χ0v) is 5.60. The minimum absolute atomic E-state index is 0.0842. The lowest BCUT2D eigenvalue weighted by Gasteiger charge is -2.21. The maximum absolute atomic E-state index is 9.71. The fourth-order valence-electron chi connectivity index (χ4n) is 0.437. The van der Waals surface area contributed by atoms with Crippen LogP contribution in [-0.4, -0.2) is 35.7 Å². The molecule has 0 heterocycles. The number of hydrogen-bond acceptors (Lipinski definition) is 6. The summed E-state index contributed by atoms with van der Waals surface area (Å²) in [5.41, 5.74) is 0. The van der Waals surface area contributed by atoms with E-state index in [9.17, 15) is 9.59 Å². The maximum atomic E-state index is 9.71. The summed E-state index contributed by atoms with van der Waals surface area (Å²) in [6, 6.07) is 0. The molecule has 0 aliphatic heterocycles. The van der Waals surface area contributed by atoms with Gasteiger partial charge in [0.15, 0.2) is 0 Å². The number of carbonyl (C=O) groups is 2. The molecule has 2 N–H and O–H groups in total. The van der Waals surface area contributed by atoms with Crippen molar-refractivity contribution < 1.29 is 29.3 Å². The molecule has 6 nitrogen and oxygen atoms in total. The molecule has 0 rings (SSSR count). The van der Waals surface area contributed by atoms with E-state index < -0.39 is 12.6 Å². The summed E-state index contributed by atoms with van der Waals surface area (Å²) in [5.74, 6) is -2.34. The summed E-state index contributed by atoms with van der Waals surface area (Å²) in [7, 11) is 0. The fourth-order valence-corrected chi connectivity index (χ4v) is 0.437. The first kappa shape index (κ1) is 9.86. The predicted molar refractivity (Wildman–Crippen MR) is 31.0 cm³/mol. The molecular weight excluding hydrogens is 156 g/mol. The van der Waals surface area contributed by atoms with Gasteiger partial charge in [0.2, 0.25) is 0 Å². The molecule has 0 radical (unpaired) electrons. The Labute approximate surface area is 62.3 Å². The van der Waals surface area contributed by atoms with Gasteiger partial charge in [-0.15, -0.1) is 0 Å². The quantitative estimate of drug-likeness (QED) is 0.361. The summed E-state index contributed by atoms with van der Waals surface area (Å²) in [4.78, 5) is 19.4. The van der Waals surface area contributed by atoms with Crippen LogP contribution in [0, 0.1) is 0 Å². The lowest BCUT2D eigenvalue weighted by molar-refractivity contribution is -0.318. The average molecular weight is 164 g/mol. The first-order valence-electron chi connectivity index (χ1n) is 2.74. The highest BCUT2D eigenvalue weighted by molar-refractivity contribution is 5.40. The Morgan fingerprint density at radius 2 is 1.73 bits per heavy atom. The maximum Gasteiger partial charge on any atom is 0.375 e. The smallest absolute Gasteiger partial charge is 0.375 e. The molecule has 11 heavy (non-hydrogen) atoms. The molecule has 0 bridgehead atoms. The first-order valence-corrected chi connectivity index (χ1v) is 2.74. The van der Waals surface area contributed by atoms with E-state index >= 15 is 0 Å². The third-order valence-electron chi connectivity index (χ3n) is 0.892. The second kappa shape index (κ2) is 4.64. The van der Waals surface area contributed by atoms with Crippen LogP contribution in [0.4, 0.5) is 0 Å². The van der Waals surface area contributed by atoms with Crippen molar-refractivity contribution in [1.82, 2.24) is 0 Å². The molecule has 0 saturated carbocycles.